The molecule has 1 spiro atoms. The Morgan fingerprint density at radius 3 is 2.59 bits per heavy atom. The minimum Gasteiger partial charge on any atom is -0.379 e. The zero-order valence-electron chi connectivity index (χ0n) is 16.9. The van der Waals surface area contributed by atoms with Gasteiger partial charge in [-0.05, 0) is 31.6 Å². The molecule has 164 valence electrons. The van der Waals surface area contributed by atoms with Crippen LogP contribution in [-0.4, -0.2) is 85.9 Å². The quantitative estimate of drug-likeness (QED) is 0.646. The fourth-order valence-electron chi connectivity index (χ4n) is 4.53. The first-order valence-electron chi connectivity index (χ1n) is 10.3. The van der Waals surface area contributed by atoms with E-state index < -0.39 is 10.2 Å². The monoisotopic (exact) mass is 430 g/mol. The molecule has 3 aliphatic heterocycles. The molecule has 0 aliphatic carbocycles. The normalized spacial score (nSPS) is 26.7. The predicted molar refractivity (Wildman–Crippen MR) is 102 cm³/mol. The van der Waals surface area contributed by atoms with Gasteiger partial charge in [0.1, 0.15) is 6.61 Å². The van der Waals surface area contributed by atoms with Gasteiger partial charge in [0.25, 0.3) is 16.1 Å². The highest BCUT2D eigenvalue weighted by molar-refractivity contribution is 7.86. The van der Waals surface area contributed by atoms with Gasteiger partial charge < -0.3 is 18.7 Å². The smallest absolute Gasteiger partial charge is 0.282 e. The van der Waals surface area contributed by atoms with Crippen LogP contribution in [0.4, 0.5) is 0 Å². The number of hydrogen-bond donors (Lipinski definition) is 0. The lowest BCUT2D eigenvalue weighted by Gasteiger charge is -2.46. The number of rotatable bonds is 6. The van der Waals surface area contributed by atoms with E-state index in [-0.39, 0.29) is 5.60 Å². The largest absolute Gasteiger partial charge is 0.379 e. The van der Waals surface area contributed by atoms with Crippen LogP contribution in [0.2, 0.25) is 0 Å². The van der Waals surface area contributed by atoms with Crippen LogP contribution in [-0.2, 0) is 37.4 Å². The molecule has 0 radical (unpaired) electrons. The molecule has 1 atom stereocenters. The standard InChI is InChI=1S/C18H30N4O6S/c1-25-14-17-19-16(20-28-17)12-15-2-9-27-18(13-15)3-5-21(6-4-18)29(23,24)22-7-10-26-11-8-22/h15H,2-14H2,1H3. The number of morpholine rings is 1. The molecule has 4 heterocycles. The summed E-state index contributed by atoms with van der Waals surface area (Å²) < 4.78 is 50.6. The number of aromatic nitrogens is 2. The number of hydrogen-bond acceptors (Lipinski definition) is 8. The molecule has 11 heteroatoms. The second-order valence-electron chi connectivity index (χ2n) is 8.05. The van der Waals surface area contributed by atoms with Gasteiger partial charge in [-0.25, -0.2) is 0 Å². The molecule has 0 aromatic carbocycles. The average molecular weight is 431 g/mol. The maximum atomic E-state index is 12.9. The third kappa shape index (κ3) is 4.80. The van der Waals surface area contributed by atoms with E-state index in [0.717, 1.165) is 19.3 Å². The average Bonchev–Trinajstić information content (AvgIpc) is 3.16. The summed E-state index contributed by atoms with van der Waals surface area (Å²) in [5.74, 6) is 1.59. The highest BCUT2D eigenvalue weighted by Crippen LogP contribution is 2.39. The molecule has 0 bridgehead atoms. The zero-order chi connectivity index (χ0) is 20.3. The molecule has 1 aromatic rings. The van der Waals surface area contributed by atoms with E-state index in [1.807, 2.05) is 0 Å². The van der Waals surface area contributed by atoms with E-state index in [4.69, 9.17) is 18.7 Å². The van der Waals surface area contributed by atoms with Crippen LogP contribution in [0.5, 0.6) is 0 Å². The summed E-state index contributed by atoms with van der Waals surface area (Å²) in [6.45, 7) is 3.77. The fourth-order valence-corrected chi connectivity index (χ4v) is 6.11. The zero-order valence-corrected chi connectivity index (χ0v) is 17.7. The second kappa shape index (κ2) is 8.94. The van der Waals surface area contributed by atoms with Crippen molar-refractivity contribution in [2.24, 2.45) is 5.92 Å². The van der Waals surface area contributed by atoms with Crippen LogP contribution in [0.1, 0.15) is 37.4 Å². The van der Waals surface area contributed by atoms with Crippen LogP contribution in [0.3, 0.4) is 0 Å². The fraction of sp³-hybridized carbons (Fsp3) is 0.889. The summed E-state index contributed by atoms with van der Waals surface area (Å²) in [6, 6.07) is 0. The topological polar surface area (TPSA) is 107 Å². The molecule has 1 aromatic heterocycles. The SMILES string of the molecule is COCc1nc(CC2CCOC3(CCN(S(=O)(=O)N4CCOCC4)CC3)C2)no1. The second-order valence-corrected chi connectivity index (χ2v) is 9.98. The van der Waals surface area contributed by atoms with Crippen molar-refractivity contribution in [1.29, 1.82) is 0 Å². The van der Waals surface area contributed by atoms with E-state index >= 15 is 0 Å². The maximum Gasteiger partial charge on any atom is 0.282 e. The Labute approximate surface area is 171 Å². The molecule has 10 nitrogen and oxygen atoms in total. The number of nitrogens with zero attached hydrogens (tertiary/aromatic N) is 4. The first-order chi connectivity index (χ1) is 14.0. The molecular formula is C18H30N4O6S. The van der Waals surface area contributed by atoms with Crippen LogP contribution >= 0.6 is 0 Å². The third-order valence-electron chi connectivity index (χ3n) is 6.10. The van der Waals surface area contributed by atoms with Gasteiger partial charge in [0.05, 0.1) is 18.8 Å². The molecule has 3 saturated heterocycles. The Balaban J connectivity index is 1.33. The van der Waals surface area contributed by atoms with Crippen molar-refractivity contribution >= 4 is 10.2 Å². The maximum absolute atomic E-state index is 12.9. The van der Waals surface area contributed by atoms with Gasteiger partial charge in [-0.15, -0.1) is 0 Å². The molecule has 0 N–H and O–H groups in total. The van der Waals surface area contributed by atoms with E-state index in [1.54, 1.807) is 11.4 Å². The summed E-state index contributed by atoms with van der Waals surface area (Å²) in [5.41, 5.74) is -0.251. The minimum absolute atomic E-state index is 0.251. The molecule has 3 aliphatic rings. The summed E-state index contributed by atoms with van der Waals surface area (Å²) in [5, 5.41) is 4.05. The molecule has 0 saturated carbocycles. The van der Waals surface area contributed by atoms with E-state index in [0.29, 0.717) is 83.1 Å². The summed E-state index contributed by atoms with van der Waals surface area (Å²) in [4.78, 5) is 4.38. The Kier molecular flexibility index (Phi) is 6.52. The van der Waals surface area contributed by atoms with Gasteiger partial charge in [-0.1, -0.05) is 5.16 Å². The van der Waals surface area contributed by atoms with Gasteiger partial charge in [0.2, 0.25) is 0 Å². The lowest BCUT2D eigenvalue weighted by molar-refractivity contribution is -0.121. The van der Waals surface area contributed by atoms with E-state index in [1.165, 1.54) is 4.31 Å². The third-order valence-corrected chi connectivity index (χ3v) is 8.14. The summed E-state index contributed by atoms with van der Waals surface area (Å²) in [7, 11) is -1.82. The summed E-state index contributed by atoms with van der Waals surface area (Å²) >= 11 is 0. The van der Waals surface area contributed by atoms with Crippen molar-refractivity contribution in [1.82, 2.24) is 18.8 Å². The Hall–Kier alpha value is -1.11. The van der Waals surface area contributed by atoms with Gasteiger partial charge >= 0.3 is 0 Å². The Bertz CT molecular complexity index is 771. The minimum atomic E-state index is -3.42. The van der Waals surface area contributed by atoms with E-state index in [9.17, 15) is 8.42 Å². The van der Waals surface area contributed by atoms with Crippen LogP contribution in [0.25, 0.3) is 0 Å². The number of piperidine rings is 1. The summed E-state index contributed by atoms with van der Waals surface area (Å²) in [6.07, 6.45) is 4.02. The van der Waals surface area contributed by atoms with Crippen molar-refractivity contribution in [2.75, 3.05) is 53.1 Å². The van der Waals surface area contributed by atoms with Crippen LogP contribution in [0.15, 0.2) is 4.52 Å². The highest BCUT2D eigenvalue weighted by atomic mass is 32.2. The number of methoxy groups -OCH3 is 1. The predicted octanol–water partition coefficient (Wildman–Crippen LogP) is 0.597. The van der Waals surface area contributed by atoms with Crippen molar-refractivity contribution in [3.63, 3.8) is 0 Å². The van der Waals surface area contributed by atoms with Crippen molar-refractivity contribution in [3.8, 4) is 0 Å². The molecule has 1 unspecified atom stereocenters. The van der Waals surface area contributed by atoms with Crippen LogP contribution < -0.4 is 0 Å². The molecule has 3 fully saturated rings. The lowest BCUT2D eigenvalue weighted by Crippen LogP contribution is -2.55. The molecule has 29 heavy (non-hydrogen) atoms. The van der Waals surface area contributed by atoms with E-state index in [2.05, 4.69) is 10.1 Å². The van der Waals surface area contributed by atoms with Gasteiger partial charge in [-0.2, -0.15) is 22.0 Å². The van der Waals surface area contributed by atoms with Crippen molar-refractivity contribution < 1.29 is 27.2 Å². The lowest BCUT2D eigenvalue weighted by atomic mass is 9.78. The van der Waals surface area contributed by atoms with Crippen molar-refractivity contribution in [3.05, 3.63) is 11.7 Å². The molecular weight excluding hydrogens is 400 g/mol. The number of ether oxygens (including phenoxy) is 3. The highest BCUT2D eigenvalue weighted by Gasteiger charge is 2.44. The van der Waals surface area contributed by atoms with Crippen molar-refractivity contribution in [2.45, 2.75) is 44.3 Å². The Morgan fingerprint density at radius 2 is 1.86 bits per heavy atom. The van der Waals surface area contributed by atoms with Crippen LogP contribution in [0, 0.1) is 5.92 Å². The molecule has 4 rings (SSSR count). The first-order valence-corrected chi connectivity index (χ1v) is 11.7. The van der Waals surface area contributed by atoms with Gasteiger partial charge in [0.15, 0.2) is 5.82 Å². The Morgan fingerprint density at radius 1 is 1.14 bits per heavy atom. The molecule has 0 amide bonds. The van der Waals surface area contributed by atoms with Gasteiger partial charge in [0, 0.05) is 46.3 Å². The van der Waals surface area contributed by atoms with Gasteiger partial charge in [-0.3, -0.25) is 0 Å². The first kappa shape index (κ1) is 21.1.